The van der Waals surface area contributed by atoms with Crippen molar-refractivity contribution in [2.75, 3.05) is 0 Å². The van der Waals surface area contributed by atoms with E-state index in [1.165, 1.54) is 94.3 Å². The van der Waals surface area contributed by atoms with Gasteiger partial charge in [-0.25, -0.2) is 0 Å². The molecule has 0 spiro atoms. The van der Waals surface area contributed by atoms with E-state index in [1.54, 1.807) is 0 Å². The first-order chi connectivity index (χ1) is 24.8. The standard InChI is InChI=1S/C49H33N/c1-3-9-33(10-4-1)35-15-19-37(20-16-35)39-23-27-48-46(31-39)47-32-40(38-21-17-36(18-22-38)34-11-5-2-6-12-34)24-28-49(47)50(48)43-25-26-45-42(30-43)29-41-13-7-8-14-44(41)45/h1-28,30-32H,29H2. The van der Waals surface area contributed by atoms with Crippen LogP contribution in [0.3, 0.4) is 0 Å². The summed E-state index contributed by atoms with van der Waals surface area (Å²) < 4.78 is 2.46. The Kier molecular flexibility index (Phi) is 6.63. The van der Waals surface area contributed by atoms with Gasteiger partial charge in [0.15, 0.2) is 0 Å². The fourth-order valence-corrected chi connectivity index (χ4v) is 7.90. The molecule has 0 unspecified atom stereocenters. The van der Waals surface area contributed by atoms with Crippen LogP contribution >= 0.6 is 0 Å². The quantitative estimate of drug-likeness (QED) is 0.177. The number of fused-ring (bicyclic) bond motifs is 6. The molecule has 1 nitrogen and oxygen atoms in total. The Morgan fingerprint density at radius 1 is 0.300 bits per heavy atom. The maximum atomic E-state index is 2.46. The molecule has 1 heterocycles. The summed E-state index contributed by atoms with van der Waals surface area (Å²) in [5, 5.41) is 2.52. The molecule has 0 bridgehead atoms. The van der Waals surface area contributed by atoms with E-state index in [2.05, 4.69) is 193 Å². The summed E-state index contributed by atoms with van der Waals surface area (Å²) in [6, 6.07) is 68.9. The molecule has 9 aromatic rings. The van der Waals surface area contributed by atoms with Crippen molar-refractivity contribution in [3.63, 3.8) is 0 Å². The lowest BCUT2D eigenvalue weighted by Crippen LogP contribution is -1.95. The minimum absolute atomic E-state index is 0.975. The van der Waals surface area contributed by atoms with Crippen LogP contribution in [0.4, 0.5) is 0 Å². The minimum Gasteiger partial charge on any atom is -0.309 e. The summed E-state index contributed by atoms with van der Waals surface area (Å²) in [5.41, 5.74) is 19.0. The predicted molar refractivity (Wildman–Crippen MR) is 211 cm³/mol. The highest BCUT2D eigenvalue weighted by atomic mass is 15.0. The van der Waals surface area contributed by atoms with Crippen LogP contribution in [0, 0.1) is 0 Å². The average Bonchev–Trinajstić information content (AvgIpc) is 3.73. The largest absolute Gasteiger partial charge is 0.309 e. The van der Waals surface area contributed by atoms with Gasteiger partial charge in [-0.1, -0.05) is 152 Å². The monoisotopic (exact) mass is 635 g/mol. The Labute approximate surface area is 292 Å². The molecule has 0 saturated carbocycles. The molecule has 0 saturated heterocycles. The molecule has 0 radical (unpaired) electrons. The van der Waals surface area contributed by atoms with Gasteiger partial charge in [0.05, 0.1) is 11.0 Å². The number of hydrogen-bond acceptors (Lipinski definition) is 0. The lowest BCUT2D eigenvalue weighted by molar-refractivity contribution is 1.16. The van der Waals surface area contributed by atoms with Crippen LogP contribution < -0.4 is 0 Å². The Morgan fingerprint density at radius 3 is 1.26 bits per heavy atom. The zero-order chi connectivity index (χ0) is 33.0. The topological polar surface area (TPSA) is 4.93 Å². The molecule has 234 valence electrons. The van der Waals surface area contributed by atoms with Crippen molar-refractivity contribution in [2.24, 2.45) is 0 Å². The van der Waals surface area contributed by atoms with E-state index < -0.39 is 0 Å². The predicted octanol–water partition coefficient (Wildman–Crippen LogP) is 13.0. The summed E-state index contributed by atoms with van der Waals surface area (Å²) in [4.78, 5) is 0. The highest BCUT2D eigenvalue weighted by Gasteiger charge is 2.20. The van der Waals surface area contributed by atoms with Crippen molar-refractivity contribution in [1.82, 2.24) is 4.57 Å². The summed E-state index contributed by atoms with van der Waals surface area (Å²) in [6.07, 6.45) is 0.975. The van der Waals surface area contributed by atoms with E-state index in [0.717, 1.165) is 6.42 Å². The van der Waals surface area contributed by atoms with E-state index >= 15 is 0 Å². The fraction of sp³-hybridized carbons (Fsp3) is 0.0204. The van der Waals surface area contributed by atoms with Gasteiger partial charge in [0.1, 0.15) is 0 Å². The summed E-state index contributed by atoms with van der Waals surface area (Å²) in [5.74, 6) is 0. The molecular weight excluding hydrogens is 603 g/mol. The molecule has 1 aromatic heterocycles. The van der Waals surface area contributed by atoms with Gasteiger partial charge in [-0.3, -0.25) is 0 Å². The molecule has 1 heteroatoms. The minimum atomic E-state index is 0.975. The van der Waals surface area contributed by atoms with Crippen LogP contribution in [0.15, 0.2) is 188 Å². The van der Waals surface area contributed by atoms with Gasteiger partial charge < -0.3 is 4.57 Å². The second-order valence-electron chi connectivity index (χ2n) is 13.4. The molecule has 8 aromatic carbocycles. The van der Waals surface area contributed by atoms with Crippen molar-refractivity contribution in [2.45, 2.75) is 6.42 Å². The van der Waals surface area contributed by atoms with Crippen molar-refractivity contribution in [3.8, 4) is 61.3 Å². The third-order valence-corrected chi connectivity index (χ3v) is 10.5. The van der Waals surface area contributed by atoms with Crippen LogP contribution in [0.1, 0.15) is 11.1 Å². The maximum Gasteiger partial charge on any atom is 0.0541 e. The number of nitrogens with zero attached hydrogens (tertiary/aromatic N) is 1. The second-order valence-corrected chi connectivity index (χ2v) is 13.4. The first kappa shape index (κ1) is 28.6. The lowest BCUT2D eigenvalue weighted by Gasteiger charge is -2.11. The molecule has 1 aliphatic carbocycles. The number of benzene rings is 8. The average molecular weight is 636 g/mol. The molecule has 0 fully saturated rings. The van der Waals surface area contributed by atoms with E-state index in [-0.39, 0.29) is 0 Å². The zero-order valence-corrected chi connectivity index (χ0v) is 27.6. The van der Waals surface area contributed by atoms with Crippen molar-refractivity contribution >= 4 is 21.8 Å². The zero-order valence-electron chi connectivity index (χ0n) is 27.6. The van der Waals surface area contributed by atoms with Crippen LogP contribution in [0.2, 0.25) is 0 Å². The Bertz CT molecular complexity index is 2540. The highest BCUT2D eigenvalue weighted by Crippen LogP contribution is 2.41. The maximum absolute atomic E-state index is 2.46. The molecule has 50 heavy (non-hydrogen) atoms. The van der Waals surface area contributed by atoms with Gasteiger partial charge >= 0.3 is 0 Å². The second kappa shape index (κ2) is 11.6. The molecule has 0 aliphatic heterocycles. The summed E-state index contributed by atoms with van der Waals surface area (Å²) >= 11 is 0. The van der Waals surface area contributed by atoms with E-state index in [1.807, 2.05) is 0 Å². The van der Waals surface area contributed by atoms with Crippen molar-refractivity contribution in [1.29, 1.82) is 0 Å². The van der Waals surface area contributed by atoms with E-state index in [0.29, 0.717) is 0 Å². The highest BCUT2D eigenvalue weighted by molar-refractivity contribution is 6.11. The van der Waals surface area contributed by atoms with Gasteiger partial charge in [0.25, 0.3) is 0 Å². The van der Waals surface area contributed by atoms with Gasteiger partial charge in [0.2, 0.25) is 0 Å². The molecule has 10 rings (SSSR count). The van der Waals surface area contributed by atoms with Crippen LogP contribution in [0.5, 0.6) is 0 Å². The number of hydrogen-bond donors (Lipinski definition) is 0. The van der Waals surface area contributed by atoms with E-state index in [9.17, 15) is 0 Å². The molecule has 0 atom stereocenters. The van der Waals surface area contributed by atoms with Crippen molar-refractivity contribution < 1.29 is 0 Å². The smallest absolute Gasteiger partial charge is 0.0541 e. The molecule has 0 amide bonds. The molecular formula is C49H33N. The Balaban J connectivity index is 1.11. The van der Waals surface area contributed by atoms with Crippen LogP contribution in [0.25, 0.3) is 83.1 Å². The van der Waals surface area contributed by atoms with Gasteiger partial charge in [-0.2, -0.15) is 0 Å². The van der Waals surface area contributed by atoms with Crippen LogP contribution in [-0.2, 0) is 6.42 Å². The normalized spacial score (nSPS) is 11.9. The fourth-order valence-electron chi connectivity index (χ4n) is 7.90. The van der Waals surface area contributed by atoms with Gasteiger partial charge in [0, 0.05) is 16.5 Å². The third kappa shape index (κ3) is 4.78. The van der Waals surface area contributed by atoms with E-state index in [4.69, 9.17) is 0 Å². The third-order valence-electron chi connectivity index (χ3n) is 10.5. The summed E-state index contributed by atoms with van der Waals surface area (Å²) in [7, 11) is 0. The Morgan fingerprint density at radius 2 is 0.720 bits per heavy atom. The molecule has 0 N–H and O–H groups in total. The molecule has 1 aliphatic rings. The van der Waals surface area contributed by atoms with Gasteiger partial charge in [-0.15, -0.1) is 0 Å². The number of rotatable bonds is 5. The van der Waals surface area contributed by atoms with Crippen LogP contribution in [-0.4, -0.2) is 4.57 Å². The number of aromatic nitrogens is 1. The van der Waals surface area contributed by atoms with Gasteiger partial charge in [-0.05, 0) is 110 Å². The van der Waals surface area contributed by atoms with Crippen molar-refractivity contribution in [3.05, 3.63) is 199 Å². The summed E-state index contributed by atoms with van der Waals surface area (Å²) in [6.45, 7) is 0. The first-order valence-corrected chi connectivity index (χ1v) is 17.4. The lowest BCUT2D eigenvalue weighted by atomic mass is 9.97. The first-order valence-electron chi connectivity index (χ1n) is 17.4. The Hall–Kier alpha value is -6.44. The SMILES string of the molecule is c1ccc(-c2ccc(-c3ccc4c(c3)c3cc(-c5ccc(-c6ccccc6)cc5)ccc3n4-c3ccc4c(c3)Cc3ccccc3-4)cc2)cc1.